The van der Waals surface area contributed by atoms with Gasteiger partial charge in [0.05, 0.1) is 0 Å². The highest BCUT2D eigenvalue weighted by molar-refractivity contribution is 5.59. The quantitative estimate of drug-likeness (QED) is 0.595. The molecule has 4 nitrogen and oxygen atoms in total. The van der Waals surface area contributed by atoms with Crippen LogP contribution in [0, 0.1) is 0 Å². The minimum atomic E-state index is -0.278. The van der Waals surface area contributed by atoms with Crippen LogP contribution >= 0.6 is 0 Å². The number of hydrogen-bond acceptors (Lipinski definition) is 3. The smallest absolute Gasteiger partial charge is 0.207 e. The molecule has 0 bridgehead atoms. The SMILES string of the molecule is COCCCCC1(CNC=O)c2ccccc2Oc2ccccc21. The Morgan fingerprint density at radius 3 is 2.25 bits per heavy atom. The van der Waals surface area contributed by atoms with Crippen LogP contribution in [0.4, 0.5) is 0 Å². The fourth-order valence-electron chi connectivity index (χ4n) is 3.60. The van der Waals surface area contributed by atoms with Gasteiger partial charge >= 0.3 is 0 Å². The van der Waals surface area contributed by atoms with Gasteiger partial charge in [-0.25, -0.2) is 0 Å². The van der Waals surface area contributed by atoms with Crippen LogP contribution in [0.1, 0.15) is 30.4 Å². The fraction of sp³-hybridized carbons (Fsp3) is 0.350. The predicted molar refractivity (Wildman–Crippen MR) is 93.5 cm³/mol. The first-order valence-electron chi connectivity index (χ1n) is 8.34. The lowest BCUT2D eigenvalue weighted by molar-refractivity contribution is -0.109. The summed E-state index contributed by atoms with van der Waals surface area (Å²) in [5.74, 6) is 1.74. The largest absolute Gasteiger partial charge is 0.457 e. The first kappa shape index (κ1) is 16.5. The summed E-state index contributed by atoms with van der Waals surface area (Å²) < 4.78 is 11.3. The van der Waals surface area contributed by atoms with E-state index < -0.39 is 0 Å². The molecule has 1 aliphatic rings. The van der Waals surface area contributed by atoms with Crippen molar-refractivity contribution in [1.82, 2.24) is 5.32 Å². The molecule has 0 atom stereocenters. The van der Waals surface area contributed by atoms with Crippen LogP contribution in [0.2, 0.25) is 0 Å². The maximum Gasteiger partial charge on any atom is 0.207 e. The maximum absolute atomic E-state index is 11.0. The van der Waals surface area contributed by atoms with Crippen molar-refractivity contribution in [3.8, 4) is 11.5 Å². The zero-order chi connectivity index (χ0) is 16.8. The Bertz CT molecular complexity index is 653. The molecular formula is C20H23NO3. The van der Waals surface area contributed by atoms with Crippen LogP contribution in [0.5, 0.6) is 11.5 Å². The molecular weight excluding hydrogens is 302 g/mol. The summed E-state index contributed by atoms with van der Waals surface area (Å²) in [5, 5.41) is 2.91. The average molecular weight is 325 g/mol. The van der Waals surface area contributed by atoms with Gasteiger partial charge in [0.2, 0.25) is 6.41 Å². The first-order valence-corrected chi connectivity index (χ1v) is 8.34. The number of amides is 1. The normalized spacial score (nSPS) is 14.2. The zero-order valence-corrected chi connectivity index (χ0v) is 14.0. The summed E-state index contributed by atoms with van der Waals surface area (Å²) in [6, 6.07) is 16.2. The molecule has 0 spiro atoms. The summed E-state index contributed by atoms with van der Waals surface area (Å²) in [7, 11) is 1.72. The van der Waals surface area contributed by atoms with Crippen molar-refractivity contribution >= 4 is 6.41 Å². The van der Waals surface area contributed by atoms with Gasteiger partial charge in [0.1, 0.15) is 11.5 Å². The van der Waals surface area contributed by atoms with E-state index in [0.717, 1.165) is 54.9 Å². The molecule has 0 aromatic heterocycles. The third-order valence-corrected chi connectivity index (χ3v) is 4.71. The molecule has 2 aromatic rings. The van der Waals surface area contributed by atoms with Gasteiger partial charge in [-0.3, -0.25) is 4.79 Å². The lowest BCUT2D eigenvalue weighted by Crippen LogP contribution is -2.41. The van der Waals surface area contributed by atoms with Crippen LogP contribution in [0.3, 0.4) is 0 Å². The van der Waals surface area contributed by atoms with E-state index in [1.54, 1.807) is 7.11 Å². The Morgan fingerprint density at radius 2 is 1.67 bits per heavy atom. The lowest BCUT2D eigenvalue weighted by Gasteiger charge is -2.40. The van der Waals surface area contributed by atoms with E-state index in [-0.39, 0.29) is 5.41 Å². The number of benzene rings is 2. The fourth-order valence-corrected chi connectivity index (χ4v) is 3.60. The average Bonchev–Trinajstić information content (AvgIpc) is 2.63. The number of rotatable bonds is 8. The summed E-state index contributed by atoms with van der Waals surface area (Å²) in [5.41, 5.74) is 1.99. The summed E-state index contributed by atoms with van der Waals surface area (Å²) in [6.07, 6.45) is 3.70. The molecule has 2 aromatic carbocycles. The molecule has 126 valence electrons. The van der Waals surface area contributed by atoms with E-state index in [1.165, 1.54) is 0 Å². The molecule has 0 saturated carbocycles. The minimum absolute atomic E-state index is 0.278. The summed E-state index contributed by atoms with van der Waals surface area (Å²) in [4.78, 5) is 11.0. The number of carbonyl (C=O) groups is 1. The van der Waals surface area contributed by atoms with Gasteiger partial charge in [-0.1, -0.05) is 36.4 Å². The second kappa shape index (κ2) is 7.49. The van der Waals surface area contributed by atoms with Crippen LogP contribution in [-0.2, 0) is 14.9 Å². The molecule has 1 heterocycles. The van der Waals surface area contributed by atoms with Gasteiger partial charge in [-0.2, -0.15) is 0 Å². The Morgan fingerprint density at radius 1 is 1.04 bits per heavy atom. The molecule has 24 heavy (non-hydrogen) atoms. The first-order chi connectivity index (χ1) is 11.8. The van der Waals surface area contributed by atoms with E-state index in [2.05, 4.69) is 17.4 Å². The van der Waals surface area contributed by atoms with Crippen molar-refractivity contribution in [2.45, 2.75) is 24.7 Å². The molecule has 0 fully saturated rings. The Labute approximate surface area is 142 Å². The summed E-state index contributed by atoms with van der Waals surface area (Å²) in [6.45, 7) is 1.30. The van der Waals surface area contributed by atoms with E-state index in [0.29, 0.717) is 6.54 Å². The number of methoxy groups -OCH3 is 1. The third-order valence-electron chi connectivity index (χ3n) is 4.71. The van der Waals surface area contributed by atoms with Crippen molar-refractivity contribution < 1.29 is 14.3 Å². The van der Waals surface area contributed by atoms with Crippen molar-refractivity contribution in [3.05, 3.63) is 59.7 Å². The summed E-state index contributed by atoms with van der Waals surface area (Å²) >= 11 is 0. The standard InChI is InChI=1S/C20H23NO3/c1-23-13-7-6-12-20(14-21-15-22)16-8-2-4-10-18(16)24-19-11-5-3-9-17(19)20/h2-5,8-11,15H,6-7,12-14H2,1H3,(H,21,22). The molecule has 3 rings (SSSR count). The van der Waals surface area contributed by atoms with Crippen molar-refractivity contribution in [3.63, 3.8) is 0 Å². The van der Waals surface area contributed by atoms with E-state index >= 15 is 0 Å². The topological polar surface area (TPSA) is 47.6 Å². The zero-order valence-electron chi connectivity index (χ0n) is 14.0. The highest BCUT2D eigenvalue weighted by Gasteiger charge is 2.41. The number of para-hydroxylation sites is 2. The Balaban J connectivity index is 2.05. The second-order valence-electron chi connectivity index (χ2n) is 6.13. The second-order valence-corrected chi connectivity index (χ2v) is 6.13. The lowest BCUT2D eigenvalue weighted by atomic mass is 9.69. The Kier molecular flexibility index (Phi) is 5.16. The minimum Gasteiger partial charge on any atom is -0.457 e. The van der Waals surface area contributed by atoms with Crippen molar-refractivity contribution in [2.24, 2.45) is 0 Å². The number of fused-ring (bicyclic) bond motifs is 2. The molecule has 0 unspecified atom stereocenters. The number of unbranched alkanes of at least 4 members (excludes halogenated alkanes) is 1. The molecule has 1 aliphatic heterocycles. The van der Waals surface area contributed by atoms with Gasteiger partial charge in [-0.15, -0.1) is 0 Å². The molecule has 0 aliphatic carbocycles. The molecule has 0 radical (unpaired) electrons. The van der Waals surface area contributed by atoms with Gasteiger partial charge < -0.3 is 14.8 Å². The number of hydrogen-bond donors (Lipinski definition) is 1. The van der Waals surface area contributed by atoms with E-state index in [1.807, 2.05) is 36.4 Å². The predicted octanol–water partition coefficient (Wildman–Crippen LogP) is 3.64. The molecule has 1 amide bonds. The number of nitrogens with one attached hydrogen (secondary N) is 1. The molecule has 1 N–H and O–H groups in total. The van der Waals surface area contributed by atoms with E-state index in [4.69, 9.17) is 9.47 Å². The Hall–Kier alpha value is -2.33. The number of ether oxygens (including phenoxy) is 2. The molecule has 4 heteroatoms. The molecule has 0 saturated heterocycles. The highest BCUT2D eigenvalue weighted by Crippen LogP contribution is 2.50. The van der Waals surface area contributed by atoms with E-state index in [9.17, 15) is 4.79 Å². The van der Waals surface area contributed by atoms with Gasteiger partial charge in [0, 0.05) is 36.8 Å². The van der Waals surface area contributed by atoms with Crippen molar-refractivity contribution in [2.75, 3.05) is 20.3 Å². The maximum atomic E-state index is 11.0. The van der Waals surface area contributed by atoms with Crippen LogP contribution < -0.4 is 10.1 Å². The highest BCUT2D eigenvalue weighted by atomic mass is 16.5. The van der Waals surface area contributed by atoms with Gasteiger partial charge in [0.15, 0.2) is 0 Å². The number of carbonyl (C=O) groups excluding carboxylic acids is 1. The van der Waals surface area contributed by atoms with Crippen LogP contribution in [0.15, 0.2) is 48.5 Å². The monoisotopic (exact) mass is 325 g/mol. The third kappa shape index (κ3) is 3.02. The van der Waals surface area contributed by atoms with Crippen LogP contribution in [0.25, 0.3) is 0 Å². The van der Waals surface area contributed by atoms with Gasteiger partial charge in [-0.05, 0) is 31.4 Å². The van der Waals surface area contributed by atoms with Crippen LogP contribution in [-0.4, -0.2) is 26.7 Å². The van der Waals surface area contributed by atoms with Crippen molar-refractivity contribution in [1.29, 1.82) is 0 Å². The van der Waals surface area contributed by atoms with Gasteiger partial charge in [0.25, 0.3) is 0 Å².